The van der Waals surface area contributed by atoms with E-state index in [0.717, 1.165) is 22.5 Å². The van der Waals surface area contributed by atoms with Gasteiger partial charge in [-0.15, -0.1) is 0 Å². The van der Waals surface area contributed by atoms with Crippen molar-refractivity contribution in [3.8, 4) is 11.5 Å². The highest BCUT2D eigenvalue weighted by Gasteiger charge is 2.12. The zero-order chi connectivity index (χ0) is 19.1. The number of nitrogens with one attached hydrogen (secondary N) is 2. The van der Waals surface area contributed by atoms with Crippen molar-refractivity contribution in [2.75, 3.05) is 31.4 Å². The Balaban J connectivity index is 1.94. The van der Waals surface area contributed by atoms with Crippen LogP contribution in [0.4, 0.5) is 11.4 Å². The molecular weight excluding hydrogens is 328 g/mol. The van der Waals surface area contributed by atoms with Crippen LogP contribution in [0, 0.1) is 6.92 Å². The maximum absolute atomic E-state index is 12.4. The van der Waals surface area contributed by atoms with Gasteiger partial charge in [-0.05, 0) is 36.1 Å². The van der Waals surface area contributed by atoms with Crippen molar-refractivity contribution in [2.24, 2.45) is 0 Å². The standard InChI is InChI=1S/C21H28N2O3/c1-14(2)17-8-6-7-15(3)21(17)23-20(24)11-12-22-16-9-10-18(25-4)19(13-16)26-5/h6-10,13-14,22H,11-12H2,1-5H3,(H,23,24). The smallest absolute Gasteiger partial charge is 0.226 e. The van der Waals surface area contributed by atoms with E-state index in [1.54, 1.807) is 14.2 Å². The second-order valence-corrected chi connectivity index (χ2v) is 6.49. The van der Waals surface area contributed by atoms with Crippen LogP contribution in [0.2, 0.25) is 0 Å². The molecule has 5 heteroatoms. The van der Waals surface area contributed by atoms with Crippen LogP contribution in [0.25, 0.3) is 0 Å². The van der Waals surface area contributed by atoms with Gasteiger partial charge in [-0.3, -0.25) is 4.79 Å². The van der Waals surface area contributed by atoms with Gasteiger partial charge in [0.05, 0.1) is 14.2 Å². The average molecular weight is 356 g/mol. The van der Waals surface area contributed by atoms with E-state index >= 15 is 0 Å². The van der Waals surface area contributed by atoms with Gasteiger partial charge in [0.2, 0.25) is 5.91 Å². The first-order valence-corrected chi connectivity index (χ1v) is 8.81. The molecule has 0 aromatic heterocycles. The monoisotopic (exact) mass is 356 g/mol. The van der Waals surface area contributed by atoms with E-state index in [0.29, 0.717) is 30.4 Å². The Morgan fingerprint density at radius 2 is 1.81 bits per heavy atom. The van der Waals surface area contributed by atoms with E-state index in [1.165, 1.54) is 0 Å². The summed E-state index contributed by atoms with van der Waals surface area (Å²) in [7, 11) is 3.20. The number of carbonyl (C=O) groups excluding carboxylic acids is 1. The Kier molecular flexibility index (Phi) is 6.89. The SMILES string of the molecule is COc1ccc(NCCC(=O)Nc2c(C)cccc2C(C)C)cc1OC. The molecule has 140 valence electrons. The molecule has 1 amide bonds. The highest BCUT2D eigenvalue weighted by Crippen LogP contribution is 2.30. The van der Waals surface area contributed by atoms with Gasteiger partial charge in [-0.1, -0.05) is 32.0 Å². The van der Waals surface area contributed by atoms with Crippen molar-refractivity contribution in [3.63, 3.8) is 0 Å². The van der Waals surface area contributed by atoms with Crippen LogP contribution in [0.15, 0.2) is 36.4 Å². The summed E-state index contributed by atoms with van der Waals surface area (Å²) in [5.41, 5.74) is 4.05. The van der Waals surface area contributed by atoms with Gasteiger partial charge >= 0.3 is 0 Å². The molecular formula is C21H28N2O3. The van der Waals surface area contributed by atoms with Gasteiger partial charge in [0.25, 0.3) is 0 Å². The van der Waals surface area contributed by atoms with Crippen molar-refractivity contribution in [1.82, 2.24) is 0 Å². The van der Waals surface area contributed by atoms with Crippen molar-refractivity contribution in [1.29, 1.82) is 0 Å². The molecule has 2 rings (SSSR count). The van der Waals surface area contributed by atoms with Crippen LogP contribution >= 0.6 is 0 Å². The molecule has 5 nitrogen and oxygen atoms in total. The van der Waals surface area contributed by atoms with E-state index in [2.05, 4.69) is 30.5 Å². The van der Waals surface area contributed by atoms with Gasteiger partial charge in [0, 0.05) is 30.4 Å². The first-order chi connectivity index (χ1) is 12.5. The lowest BCUT2D eigenvalue weighted by molar-refractivity contribution is -0.115. The molecule has 2 aromatic carbocycles. The third-order valence-electron chi connectivity index (χ3n) is 4.26. The number of methoxy groups -OCH3 is 2. The fourth-order valence-electron chi connectivity index (χ4n) is 2.81. The Morgan fingerprint density at radius 1 is 1.08 bits per heavy atom. The van der Waals surface area contributed by atoms with Crippen LogP contribution in [-0.4, -0.2) is 26.7 Å². The molecule has 0 heterocycles. The van der Waals surface area contributed by atoms with Gasteiger partial charge < -0.3 is 20.1 Å². The summed E-state index contributed by atoms with van der Waals surface area (Å²) < 4.78 is 10.5. The van der Waals surface area contributed by atoms with Crippen LogP contribution in [0.3, 0.4) is 0 Å². The number of hydrogen-bond acceptors (Lipinski definition) is 4. The first-order valence-electron chi connectivity index (χ1n) is 8.81. The fraction of sp³-hybridized carbons (Fsp3) is 0.381. The Hall–Kier alpha value is -2.69. The third-order valence-corrected chi connectivity index (χ3v) is 4.26. The van der Waals surface area contributed by atoms with Crippen LogP contribution in [0.5, 0.6) is 11.5 Å². The number of ether oxygens (including phenoxy) is 2. The van der Waals surface area contributed by atoms with Crippen molar-refractivity contribution >= 4 is 17.3 Å². The average Bonchev–Trinajstić information content (AvgIpc) is 2.63. The summed E-state index contributed by atoms with van der Waals surface area (Å²) >= 11 is 0. The Morgan fingerprint density at radius 3 is 2.46 bits per heavy atom. The number of hydrogen-bond donors (Lipinski definition) is 2. The molecule has 0 saturated heterocycles. The zero-order valence-electron chi connectivity index (χ0n) is 16.2. The van der Waals surface area contributed by atoms with Gasteiger partial charge in [-0.25, -0.2) is 0 Å². The summed E-state index contributed by atoms with van der Waals surface area (Å²) in [6, 6.07) is 11.7. The van der Waals surface area contributed by atoms with Gasteiger partial charge in [0.1, 0.15) is 0 Å². The number of carbonyl (C=O) groups is 1. The van der Waals surface area contributed by atoms with Crippen molar-refractivity contribution in [2.45, 2.75) is 33.1 Å². The molecule has 0 aliphatic carbocycles. The summed E-state index contributed by atoms with van der Waals surface area (Å²) in [4.78, 5) is 12.4. The molecule has 0 atom stereocenters. The molecule has 0 saturated carbocycles. The first kappa shape index (κ1) is 19.6. The van der Waals surface area contributed by atoms with Crippen LogP contribution in [-0.2, 0) is 4.79 Å². The third kappa shape index (κ3) is 4.91. The van der Waals surface area contributed by atoms with E-state index in [4.69, 9.17) is 9.47 Å². The number of benzene rings is 2. The van der Waals surface area contributed by atoms with E-state index < -0.39 is 0 Å². The lowest BCUT2D eigenvalue weighted by atomic mass is 9.98. The second-order valence-electron chi connectivity index (χ2n) is 6.49. The van der Waals surface area contributed by atoms with Crippen LogP contribution in [0.1, 0.15) is 37.3 Å². The summed E-state index contributed by atoms with van der Waals surface area (Å²) in [5.74, 6) is 1.68. The molecule has 0 spiro atoms. The second kappa shape index (κ2) is 9.13. The minimum Gasteiger partial charge on any atom is -0.493 e. The number of amides is 1. The summed E-state index contributed by atoms with van der Waals surface area (Å²) in [6.07, 6.45) is 0.375. The molecule has 0 aliphatic heterocycles. The molecule has 2 N–H and O–H groups in total. The highest BCUT2D eigenvalue weighted by molar-refractivity contribution is 5.92. The molecule has 0 aliphatic rings. The molecule has 26 heavy (non-hydrogen) atoms. The quantitative estimate of drug-likeness (QED) is 0.727. The van der Waals surface area contributed by atoms with E-state index in [9.17, 15) is 4.79 Å². The van der Waals surface area contributed by atoms with E-state index in [1.807, 2.05) is 37.3 Å². The summed E-state index contributed by atoms with van der Waals surface area (Å²) in [6.45, 7) is 6.81. The molecule has 2 aromatic rings. The Labute approximate surface area is 155 Å². The molecule has 0 radical (unpaired) electrons. The lowest BCUT2D eigenvalue weighted by Crippen LogP contribution is -2.18. The molecule has 0 unspecified atom stereocenters. The lowest BCUT2D eigenvalue weighted by Gasteiger charge is -2.16. The number of para-hydroxylation sites is 1. The minimum absolute atomic E-state index is 0.00539. The number of rotatable bonds is 8. The maximum Gasteiger partial charge on any atom is 0.226 e. The number of aryl methyl sites for hydroxylation is 1. The van der Waals surface area contributed by atoms with Crippen molar-refractivity contribution < 1.29 is 14.3 Å². The highest BCUT2D eigenvalue weighted by atomic mass is 16.5. The topological polar surface area (TPSA) is 59.6 Å². The summed E-state index contributed by atoms with van der Waals surface area (Å²) in [5, 5.41) is 6.31. The zero-order valence-corrected chi connectivity index (χ0v) is 16.2. The van der Waals surface area contributed by atoms with E-state index in [-0.39, 0.29) is 5.91 Å². The molecule has 0 fully saturated rings. The van der Waals surface area contributed by atoms with Crippen LogP contribution < -0.4 is 20.1 Å². The predicted octanol–water partition coefficient (Wildman–Crippen LogP) is 4.58. The maximum atomic E-state index is 12.4. The minimum atomic E-state index is -0.00539. The number of anilines is 2. The van der Waals surface area contributed by atoms with Crippen molar-refractivity contribution in [3.05, 3.63) is 47.5 Å². The van der Waals surface area contributed by atoms with Gasteiger partial charge in [0.15, 0.2) is 11.5 Å². The van der Waals surface area contributed by atoms with Gasteiger partial charge in [-0.2, -0.15) is 0 Å². The molecule has 0 bridgehead atoms. The predicted molar refractivity (Wildman–Crippen MR) is 107 cm³/mol. The fourth-order valence-corrected chi connectivity index (χ4v) is 2.81. The normalized spacial score (nSPS) is 10.5. The largest absolute Gasteiger partial charge is 0.493 e. The Bertz CT molecular complexity index is 757.